The van der Waals surface area contributed by atoms with E-state index >= 15 is 0 Å². The van der Waals surface area contributed by atoms with Gasteiger partial charge in [-0.05, 0) is 43.5 Å². The standard InChI is InChI=1S/C23H26ClN3O2/c1-2-22(28)26-14-7-12-20(26)23-25-18-10-4-5-11-19(18)27(23)15-8-16-29-21-13-6-3-9-17(21)24/h3-6,9-11,13,20H,2,7-8,12,14-16H2,1H3/t20-/m1/s1. The van der Waals surface area contributed by atoms with Gasteiger partial charge in [0.1, 0.15) is 11.6 Å². The van der Waals surface area contributed by atoms with Crippen LogP contribution < -0.4 is 4.74 Å². The fourth-order valence-electron chi connectivity index (χ4n) is 4.09. The zero-order valence-electron chi connectivity index (χ0n) is 16.7. The summed E-state index contributed by atoms with van der Waals surface area (Å²) in [5, 5.41) is 0.626. The van der Waals surface area contributed by atoms with Gasteiger partial charge in [0.05, 0.1) is 28.7 Å². The van der Waals surface area contributed by atoms with Crippen LogP contribution in [0.5, 0.6) is 5.75 Å². The highest BCUT2D eigenvalue weighted by Gasteiger charge is 2.32. The largest absolute Gasteiger partial charge is 0.492 e. The molecule has 0 unspecified atom stereocenters. The molecule has 2 heterocycles. The Morgan fingerprint density at radius 1 is 1.21 bits per heavy atom. The highest BCUT2D eigenvalue weighted by molar-refractivity contribution is 6.32. The van der Waals surface area contributed by atoms with Crippen molar-refractivity contribution in [2.24, 2.45) is 0 Å². The number of carbonyl (C=O) groups is 1. The van der Waals surface area contributed by atoms with E-state index in [4.69, 9.17) is 21.3 Å². The molecule has 0 spiro atoms. The molecule has 6 heteroatoms. The Morgan fingerprint density at radius 3 is 2.83 bits per heavy atom. The molecular weight excluding hydrogens is 386 g/mol. The first-order chi connectivity index (χ1) is 14.2. The van der Waals surface area contributed by atoms with Crippen LogP contribution >= 0.6 is 11.6 Å². The molecule has 0 aliphatic carbocycles. The molecule has 152 valence electrons. The molecule has 1 aliphatic heterocycles. The summed E-state index contributed by atoms with van der Waals surface area (Å²) in [5.41, 5.74) is 2.08. The summed E-state index contributed by atoms with van der Waals surface area (Å²) < 4.78 is 8.12. The van der Waals surface area contributed by atoms with E-state index in [1.807, 2.05) is 54.3 Å². The van der Waals surface area contributed by atoms with Crippen molar-refractivity contribution in [3.05, 3.63) is 59.4 Å². The van der Waals surface area contributed by atoms with Crippen LogP contribution in [0.1, 0.15) is 44.5 Å². The van der Waals surface area contributed by atoms with Crippen molar-refractivity contribution in [3.63, 3.8) is 0 Å². The van der Waals surface area contributed by atoms with E-state index in [0.29, 0.717) is 23.8 Å². The minimum absolute atomic E-state index is 0.0549. The molecular formula is C23H26ClN3O2. The SMILES string of the molecule is CCC(=O)N1CCC[C@@H]1c1nc2ccccc2n1CCCOc1ccccc1Cl. The molecule has 0 N–H and O–H groups in total. The fourth-order valence-corrected chi connectivity index (χ4v) is 4.28. The molecule has 1 fully saturated rings. The van der Waals surface area contributed by atoms with Crippen molar-refractivity contribution in [3.8, 4) is 5.75 Å². The highest BCUT2D eigenvalue weighted by atomic mass is 35.5. The number of benzene rings is 2. The third-order valence-electron chi connectivity index (χ3n) is 5.48. The molecule has 1 amide bonds. The molecule has 3 aromatic rings. The van der Waals surface area contributed by atoms with Crippen molar-refractivity contribution in [2.45, 2.75) is 45.2 Å². The van der Waals surface area contributed by atoms with E-state index in [0.717, 1.165) is 49.2 Å². The molecule has 2 aromatic carbocycles. The number of imidazole rings is 1. The lowest BCUT2D eigenvalue weighted by molar-refractivity contribution is -0.131. The van der Waals surface area contributed by atoms with Crippen LogP contribution in [0, 0.1) is 0 Å². The van der Waals surface area contributed by atoms with Gasteiger partial charge >= 0.3 is 0 Å². The molecule has 5 nitrogen and oxygen atoms in total. The van der Waals surface area contributed by atoms with Crippen molar-refractivity contribution in [1.82, 2.24) is 14.5 Å². The van der Waals surface area contributed by atoms with Gasteiger partial charge in [0.2, 0.25) is 5.91 Å². The summed E-state index contributed by atoms with van der Waals surface area (Å²) in [7, 11) is 0. The number of halogens is 1. The summed E-state index contributed by atoms with van der Waals surface area (Å²) in [4.78, 5) is 19.3. The van der Waals surface area contributed by atoms with E-state index in [1.54, 1.807) is 0 Å². The van der Waals surface area contributed by atoms with Gasteiger partial charge < -0.3 is 14.2 Å². The van der Waals surface area contributed by atoms with Crippen LogP contribution in [0.3, 0.4) is 0 Å². The van der Waals surface area contributed by atoms with E-state index in [-0.39, 0.29) is 11.9 Å². The lowest BCUT2D eigenvalue weighted by atomic mass is 10.2. The maximum absolute atomic E-state index is 12.4. The van der Waals surface area contributed by atoms with Gasteiger partial charge in [-0.25, -0.2) is 4.98 Å². The van der Waals surface area contributed by atoms with Crippen molar-refractivity contribution in [1.29, 1.82) is 0 Å². The minimum Gasteiger partial charge on any atom is -0.492 e. The topological polar surface area (TPSA) is 47.4 Å². The monoisotopic (exact) mass is 411 g/mol. The van der Waals surface area contributed by atoms with Gasteiger partial charge in [-0.1, -0.05) is 42.8 Å². The Hall–Kier alpha value is -2.53. The van der Waals surface area contributed by atoms with Crippen LogP contribution in [-0.2, 0) is 11.3 Å². The fraction of sp³-hybridized carbons (Fsp3) is 0.391. The predicted octanol–water partition coefficient (Wildman–Crippen LogP) is 5.23. The first kappa shape index (κ1) is 19.8. The normalized spacial score (nSPS) is 16.5. The number of hydrogen-bond donors (Lipinski definition) is 0. The minimum atomic E-state index is 0.0549. The predicted molar refractivity (Wildman–Crippen MR) is 115 cm³/mol. The number of hydrogen-bond acceptors (Lipinski definition) is 3. The van der Waals surface area contributed by atoms with Gasteiger partial charge in [0, 0.05) is 19.5 Å². The zero-order chi connectivity index (χ0) is 20.2. The average Bonchev–Trinajstić information content (AvgIpc) is 3.36. The first-order valence-electron chi connectivity index (χ1n) is 10.3. The third kappa shape index (κ3) is 4.10. The molecule has 0 radical (unpaired) electrons. The number of para-hydroxylation sites is 3. The number of likely N-dealkylation sites (tertiary alicyclic amines) is 1. The number of ether oxygens (including phenoxy) is 1. The zero-order valence-corrected chi connectivity index (χ0v) is 17.4. The number of rotatable bonds is 7. The quantitative estimate of drug-likeness (QED) is 0.500. The molecule has 1 aliphatic rings. The molecule has 0 bridgehead atoms. The number of nitrogens with zero attached hydrogens (tertiary/aromatic N) is 3. The van der Waals surface area contributed by atoms with Crippen LogP contribution in [-0.4, -0.2) is 33.5 Å². The highest BCUT2D eigenvalue weighted by Crippen LogP contribution is 2.34. The second kappa shape index (κ2) is 8.87. The second-order valence-corrected chi connectivity index (χ2v) is 7.75. The summed E-state index contributed by atoms with van der Waals surface area (Å²) in [6.45, 7) is 4.09. The van der Waals surface area contributed by atoms with Crippen LogP contribution in [0.25, 0.3) is 11.0 Å². The van der Waals surface area contributed by atoms with E-state index in [1.165, 1.54) is 0 Å². The summed E-state index contributed by atoms with van der Waals surface area (Å²) >= 11 is 6.17. The Bertz CT molecular complexity index is 1000. The number of carbonyl (C=O) groups excluding carboxylic acids is 1. The van der Waals surface area contributed by atoms with Gasteiger partial charge in [-0.2, -0.15) is 0 Å². The maximum Gasteiger partial charge on any atom is 0.222 e. The van der Waals surface area contributed by atoms with Crippen molar-refractivity contribution in [2.75, 3.05) is 13.2 Å². The van der Waals surface area contributed by atoms with Gasteiger partial charge in [-0.3, -0.25) is 4.79 Å². The van der Waals surface area contributed by atoms with E-state index in [9.17, 15) is 4.79 Å². The molecule has 29 heavy (non-hydrogen) atoms. The average molecular weight is 412 g/mol. The van der Waals surface area contributed by atoms with Gasteiger partial charge in [0.15, 0.2) is 0 Å². The molecule has 4 rings (SSSR count). The second-order valence-electron chi connectivity index (χ2n) is 7.34. The smallest absolute Gasteiger partial charge is 0.222 e. The van der Waals surface area contributed by atoms with Crippen molar-refractivity contribution < 1.29 is 9.53 Å². The van der Waals surface area contributed by atoms with Gasteiger partial charge in [-0.15, -0.1) is 0 Å². The van der Waals surface area contributed by atoms with Gasteiger partial charge in [0.25, 0.3) is 0 Å². The lowest BCUT2D eigenvalue weighted by Gasteiger charge is -2.25. The molecule has 1 saturated heterocycles. The number of aromatic nitrogens is 2. The number of aryl methyl sites for hydroxylation is 1. The maximum atomic E-state index is 12.4. The lowest BCUT2D eigenvalue weighted by Crippen LogP contribution is -2.31. The summed E-state index contributed by atoms with van der Waals surface area (Å²) in [5.74, 6) is 1.90. The number of fused-ring (bicyclic) bond motifs is 1. The molecule has 0 saturated carbocycles. The Morgan fingerprint density at radius 2 is 2.00 bits per heavy atom. The third-order valence-corrected chi connectivity index (χ3v) is 5.79. The van der Waals surface area contributed by atoms with E-state index in [2.05, 4.69) is 10.6 Å². The Labute approximate surface area is 176 Å². The van der Waals surface area contributed by atoms with Crippen LogP contribution in [0.2, 0.25) is 5.02 Å². The summed E-state index contributed by atoms with van der Waals surface area (Å²) in [6.07, 6.45) is 3.34. The summed E-state index contributed by atoms with van der Waals surface area (Å²) in [6, 6.07) is 15.8. The Kier molecular flexibility index (Phi) is 6.05. The van der Waals surface area contributed by atoms with Crippen molar-refractivity contribution >= 4 is 28.5 Å². The first-order valence-corrected chi connectivity index (χ1v) is 10.7. The van der Waals surface area contributed by atoms with Crippen LogP contribution in [0.4, 0.5) is 0 Å². The number of amides is 1. The molecule has 1 aromatic heterocycles. The Balaban J connectivity index is 1.54. The van der Waals surface area contributed by atoms with Crippen LogP contribution in [0.15, 0.2) is 48.5 Å². The molecule has 1 atom stereocenters. The van der Waals surface area contributed by atoms with E-state index < -0.39 is 0 Å².